The Balaban J connectivity index is 2.09. The summed E-state index contributed by atoms with van der Waals surface area (Å²) in [6.07, 6.45) is 0. The number of fused-ring (bicyclic) bond motifs is 1. The van der Waals surface area contributed by atoms with Gasteiger partial charge in [0, 0.05) is 24.5 Å². The van der Waals surface area contributed by atoms with Crippen LogP contribution in [0.2, 0.25) is 10.0 Å². The number of nitrogens with zero attached hydrogens (tertiary/aromatic N) is 4. The number of carbonyl (C=O) groups excluding carboxylic acids is 1. The van der Waals surface area contributed by atoms with Crippen molar-refractivity contribution in [2.75, 3.05) is 5.32 Å². The quantitative estimate of drug-likeness (QED) is 0.437. The van der Waals surface area contributed by atoms with E-state index in [1.54, 1.807) is 32.2 Å². The molecule has 1 aromatic carbocycles. The first kappa shape index (κ1) is 24.3. The molecule has 1 N–H and O–H groups in total. The van der Waals surface area contributed by atoms with Gasteiger partial charge in [0.2, 0.25) is 5.91 Å². The smallest absolute Gasteiger partial charge is 0.324 e. The standard InChI is InChI=1S/C21H23Cl2N5O3S/c1-10(16(29)24-13-9-11(22)7-8-12(13)23)32-17-14-15(25-19(26-17)21(2,3)4)27(5)20(31)28(6)18(14)30/h7-10H,1-6H3,(H,24,29)/t10-/m1/s1. The van der Waals surface area contributed by atoms with Gasteiger partial charge in [-0.05, 0) is 25.1 Å². The van der Waals surface area contributed by atoms with Crippen molar-refractivity contribution >= 4 is 57.6 Å². The van der Waals surface area contributed by atoms with Crippen LogP contribution in [0.3, 0.4) is 0 Å². The van der Waals surface area contributed by atoms with Crippen LogP contribution in [0.5, 0.6) is 0 Å². The van der Waals surface area contributed by atoms with Crippen molar-refractivity contribution in [3.63, 3.8) is 0 Å². The second-order valence-electron chi connectivity index (χ2n) is 8.38. The molecule has 0 saturated heterocycles. The molecule has 0 aliphatic carbocycles. The molecule has 0 spiro atoms. The Morgan fingerprint density at radius 2 is 1.78 bits per heavy atom. The van der Waals surface area contributed by atoms with Gasteiger partial charge in [-0.25, -0.2) is 14.8 Å². The van der Waals surface area contributed by atoms with Crippen molar-refractivity contribution in [3.05, 3.63) is 54.9 Å². The van der Waals surface area contributed by atoms with Crippen molar-refractivity contribution in [2.24, 2.45) is 14.1 Å². The molecule has 1 amide bonds. The molecule has 0 aliphatic rings. The van der Waals surface area contributed by atoms with Crippen molar-refractivity contribution in [1.82, 2.24) is 19.1 Å². The average Bonchev–Trinajstić information content (AvgIpc) is 2.72. The topological polar surface area (TPSA) is 98.9 Å². The summed E-state index contributed by atoms with van der Waals surface area (Å²) in [5.41, 5.74) is -0.834. The molecular weight excluding hydrogens is 473 g/mol. The first-order valence-corrected chi connectivity index (χ1v) is 11.4. The molecule has 3 rings (SSSR count). The highest BCUT2D eigenvalue weighted by molar-refractivity contribution is 8.00. The van der Waals surface area contributed by atoms with Gasteiger partial charge in [-0.2, -0.15) is 0 Å². The molecule has 11 heteroatoms. The van der Waals surface area contributed by atoms with Gasteiger partial charge in [0.25, 0.3) is 5.56 Å². The van der Waals surface area contributed by atoms with Crippen molar-refractivity contribution < 1.29 is 4.79 Å². The van der Waals surface area contributed by atoms with E-state index in [2.05, 4.69) is 15.3 Å². The molecular formula is C21H23Cl2N5O3S. The normalized spacial score (nSPS) is 12.8. The molecule has 0 saturated carbocycles. The number of hydrogen-bond acceptors (Lipinski definition) is 6. The van der Waals surface area contributed by atoms with Gasteiger partial charge >= 0.3 is 5.69 Å². The van der Waals surface area contributed by atoms with Gasteiger partial charge in [0.1, 0.15) is 16.2 Å². The van der Waals surface area contributed by atoms with E-state index in [1.807, 2.05) is 20.8 Å². The summed E-state index contributed by atoms with van der Waals surface area (Å²) in [6.45, 7) is 7.48. The monoisotopic (exact) mass is 495 g/mol. The number of rotatable bonds is 4. The second-order valence-corrected chi connectivity index (χ2v) is 10.6. The first-order chi connectivity index (χ1) is 14.8. The van der Waals surface area contributed by atoms with Crippen LogP contribution in [0.15, 0.2) is 32.8 Å². The maximum Gasteiger partial charge on any atom is 0.332 e. The lowest BCUT2D eigenvalue weighted by Gasteiger charge is -2.20. The van der Waals surface area contributed by atoms with Crippen molar-refractivity contribution in [1.29, 1.82) is 0 Å². The highest BCUT2D eigenvalue weighted by Gasteiger charge is 2.26. The highest BCUT2D eigenvalue weighted by Crippen LogP contribution is 2.31. The number of benzene rings is 1. The lowest BCUT2D eigenvalue weighted by molar-refractivity contribution is -0.115. The van der Waals surface area contributed by atoms with Crippen molar-refractivity contribution in [2.45, 2.75) is 43.4 Å². The number of carbonyl (C=O) groups is 1. The SMILES string of the molecule is C[C@@H](Sc1nc(C(C)(C)C)nc2c1c(=O)n(C)c(=O)n2C)C(=O)Nc1cc(Cl)ccc1Cl. The highest BCUT2D eigenvalue weighted by atomic mass is 35.5. The third kappa shape index (κ3) is 4.69. The Kier molecular flexibility index (Phi) is 6.74. The van der Waals surface area contributed by atoms with Crippen LogP contribution < -0.4 is 16.6 Å². The fraction of sp³-hybridized carbons (Fsp3) is 0.381. The Labute approximate surface area is 199 Å². The largest absolute Gasteiger partial charge is 0.332 e. The third-order valence-corrected chi connectivity index (χ3v) is 6.43. The lowest BCUT2D eigenvalue weighted by atomic mass is 9.96. The van der Waals surface area contributed by atoms with Gasteiger partial charge < -0.3 is 5.32 Å². The number of thioether (sulfide) groups is 1. The molecule has 0 aliphatic heterocycles. The summed E-state index contributed by atoms with van der Waals surface area (Å²) in [6, 6.07) is 4.77. The minimum Gasteiger partial charge on any atom is -0.324 e. The molecule has 3 aromatic rings. The van der Waals surface area contributed by atoms with Crippen molar-refractivity contribution in [3.8, 4) is 0 Å². The second kappa shape index (κ2) is 8.88. The lowest BCUT2D eigenvalue weighted by Crippen LogP contribution is -2.38. The summed E-state index contributed by atoms with van der Waals surface area (Å²) in [5.74, 6) is 0.117. The molecule has 8 nitrogen and oxygen atoms in total. The summed E-state index contributed by atoms with van der Waals surface area (Å²) in [4.78, 5) is 47.3. The van der Waals surface area contributed by atoms with Gasteiger partial charge in [-0.3, -0.25) is 18.7 Å². The average molecular weight is 496 g/mol. The zero-order valence-corrected chi connectivity index (χ0v) is 20.8. The maximum atomic E-state index is 12.9. The number of nitrogens with one attached hydrogen (secondary N) is 1. The minimum absolute atomic E-state index is 0.188. The van der Waals surface area contributed by atoms with Gasteiger partial charge in [-0.15, -0.1) is 0 Å². The van der Waals surface area contributed by atoms with E-state index in [0.717, 1.165) is 16.3 Å². The van der Waals surface area contributed by atoms with E-state index in [9.17, 15) is 14.4 Å². The molecule has 2 aromatic heterocycles. The molecule has 0 radical (unpaired) electrons. The number of aromatic nitrogens is 4. The Bertz CT molecular complexity index is 1340. The number of amides is 1. The zero-order valence-electron chi connectivity index (χ0n) is 18.5. The predicted molar refractivity (Wildman–Crippen MR) is 129 cm³/mol. The zero-order chi connectivity index (χ0) is 24.0. The van der Waals surface area contributed by atoms with Crippen LogP contribution in [0, 0.1) is 0 Å². The summed E-state index contributed by atoms with van der Waals surface area (Å²) in [5, 5.41) is 3.42. The van der Waals surface area contributed by atoms with E-state index in [0.29, 0.717) is 26.6 Å². The van der Waals surface area contributed by atoms with Gasteiger partial charge in [0.15, 0.2) is 5.65 Å². The Morgan fingerprint density at radius 1 is 1.12 bits per heavy atom. The van der Waals surface area contributed by atoms with E-state index in [4.69, 9.17) is 23.2 Å². The van der Waals surface area contributed by atoms with Gasteiger partial charge in [-0.1, -0.05) is 55.7 Å². The number of anilines is 1. The van der Waals surface area contributed by atoms with E-state index in [-0.39, 0.29) is 16.9 Å². The van der Waals surface area contributed by atoms with Crippen LogP contribution in [-0.4, -0.2) is 30.3 Å². The van der Waals surface area contributed by atoms with E-state index in [1.165, 1.54) is 11.6 Å². The predicted octanol–water partition coefficient (Wildman–Crippen LogP) is 3.75. The fourth-order valence-electron chi connectivity index (χ4n) is 2.90. The molecule has 0 unspecified atom stereocenters. The van der Waals surface area contributed by atoms with E-state index < -0.39 is 21.9 Å². The Morgan fingerprint density at radius 3 is 2.41 bits per heavy atom. The summed E-state index contributed by atoms with van der Waals surface area (Å²) < 4.78 is 2.32. The molecule has 0 bridgehead atoms. The third-order valence-electron chi connectivity index (χ3n) is 4.78. The van der Waals surface area contributed by atoms with E-state index >= 15 is 0 Å². The van der Waals surface area contributed by atoms with Crippen LogP contribution in [0.1, 0.15) is 33.5 Å². The summed E-state index contributed by atoms with van der Waals surface area (Å²) >= 11 is 13.3. The summed E-state index contributed by atoms with van der Waals surface area (Å²) in [7, 11) is 2.95. The Hall–Kier alpha value is -2.36. The molecule has 0 fully saturated rings. The molecule has 32 heavy (non-hydrogen) atoms. The molecule has 1 atom stereocenters. The number of aryl methyl sites for hydroxylation is 1. The van der Waals surface area contributed by atoms with Crippen LogP contribution in [-0.2, 0) is 24.3 Å². The van der Waals surface area contributed by atoms with Crippen LogP contribution in [0.4, 0.5) is 5.69 Å². The number of halogens is 2. The molecule has 2 heterocycles. The van der Waals surface area contributed by atoms with Gasteiger partial charge in [0.05, 0.1) is 16.0 Å². The van der Waals surface area contributed by atoms with Crippen LogP contribution >= 0.6 is 35.0 Å². The first-order valence-electron chi connectivity index (χ1n) is 9.72. The maximum absolute atomic E-state index is 12.9. The number of hydrogen-bond donors (Lipinski definition) is 1. The van der Waals surface area contributed by atoms with Crippen LogP contribution in [0.25, 0.3) is 11.0 Å². The fourth-order valence-corrected chi connectivity index (χ4v) is 4.17. The molecule has 170 valence electrons. The minimum atomic E-state index is -0.641.